The van der Waals surface area contributed by atoms with E-state index in [1.54, 1.807) is 0 Å². The van der Waals surface area contributed by atoms with Gasteiger partial charge in [-0.2, -0.15) is 0 Å². The van der Waals surface area contributed by atoms with Gasteiger partial charge in [0.05, 0.1) is 38.5 Å². The summed E-state index contributed by atoms with van der Waals surface area (Å²) in [6, 6.07) is 42.7. The number of fused-ring (bicyclic) bond motifs is 17. The maximum Gasteiger partial charge on any atom is 0.262 e. The molecule has 0 saturated carbocycles. The van der Waals surface area contributed by atoms with E-state index in [-0.39, 0.29) is 17.5 Å². The summed E-state index contributed by atoms with van der Waals surface area (Å²) in [7, 11) is 0. The second-order valence-electron chi connectivity index (χ2n) is 20.6. The molecule has 302 valence electrons. The average Bonchev–Trinajstić information content (AvgIpc) is 4.05. The van der Waals surface area contributed by atoms with E-state index in [9.17, 15) is 0 Å². The first-order valence-electron chi connectivity index (χ1n) is 22.4. The van der Waals surface area contributed by atoms with Gasteiger partial charge in [-0.05, 0) is 88.7 Å². The largest absolute Gasteiger partial charge is 0.454 e. The number of hydrogen-bond acceptors (Lipinski definition) is 2. The highest BCUT2D eigenvalue weighted by molar-refractivity contribution is 7.02. The van der Waals surface area contributed by atoms with Crippen molar-refractivity contribution < 1.29 is 9.15 Å². The Balaban J connectivity index is 1.26. The molecule has 7 aromatic carbocycles. The van der Waals surface area contributed by atoms with Gasteiger partial charge in [-0.25, -0.2) is 0 Å². The number of furan rings is 1. The normalized spacial score (nSPS) is 14.1. The Hall–Kier alpha value is -7.12. The van der Waals surface area contributed by atoms with Crippen molar-refractivity contribution in [2.45, 2.75) is 66.2 Å². The SMILES string of the molecule is Cc1cccc(C)c1-c1cc2c3c4c1Oc1c5c6c(c7c1oc1ccccc17)n1c7ccccc7c(C(C)(C)C)c1n6-c1cccc(c1B45)-n3c1c(C(C)(C)C)c3ccccc3n21. The van der Waals surface area contributed by atoms with E-state index < -0.39 is 0 Å². The first-order valence-corrected chi connectivity index (χ1v) is 22.4. The predicted octanol–water partition coefficient (Wildman–Crippen LogP) is 12.4. The van der Waals surface area contributed by atoms with Crippen LogP contribution < -0.4 is 21.1 Å². The molecule has 12 aromatic rings. The number of hydrogen-bond donors (Lipinski definition) is 0. The molecule has 3 aliphatic heterocycles. The first-order chi connectivity index (χ1) is 30.4. The molecule has 7 heteroatoms. The monoisotopic (exact) mass is 814 g/mol. The van der Waals surface area contributed by atoms with Crippen LogP contribution in [-0.2, 0) is 10.8 Å². The van der Waals surface area contributed by atoms with E-state index in [0.29, 0.717) is 0 Å². The summed E-state index contributed by atoms with van der Waals surface area (Å²) in [5.41, 5.74) is 24.7. The standard InChI is InChI=1S/C56H43BN4O2/c1-28-17-15-18-29(2)40(28)33-27-38-47-45-50(33)63-52-46-49-48(41-32-21-11-14-26-39(32)62-51(41)52)59-35-23-13-10-20-31(35)43(56(6,7)8)54(59)61(49)37-25-16-24-36(44(37)57(45)46)60(47)53-42(55(3,4)5)30-19-9-12-22-34(30)58(38)53/h9-27H,1-8H3. The van der Waals surface area contributed by atoms with Crippen LogP contribution in [0, 0.1) is 13.8 Å². The van der Waals surface area contributed by atoms with Crippen LogP contribution in [0.4, 0.5) is 0 Å². The van der Waals surface area contributed by atoms with E-state index in [1.807, 2.05) is 0 Å². The second-order valence-corrected chi connectivity index (χ2v) is 20.6. The van der Waals surface area contributed by atoms with Crippen LogP contribution in [0.1, 0.15) is 63.8 Å². The fourth-order valence-corrected chi connectivity index (χ4v) is 12.9. The zero-order valence-electron chi connectivity index (χ0n) is 36.7. The Morgan fingerprint density at radius 2 is 1.06 bits per heavy atom. The van der Waals surface area contributed by atoms with Crippen LogP contribution in [-0.4, -0.2) is 24.6 Å². The van der Waals surface area contributed by atoms with Gasteiger partial charge in [0.25, 0.3) is 6.71 Å². The molecule has 3 aliphatic rings. The smallest absolute Gasteiger partial charge is 0.262 e. The molecule has 0 saturated heterocycles. The maximum atomic E-state index is 7.81. The van der Waals surface area contributed by atoms with Crippen LogP contribution >= 0.6 is 0 Å². The number of aryl methyl sites for hydroxylation is 2. The maximum absolute atomic E-state index is 7.81. The third kappa shape index (κ3) is 3.77. The summed E-state index contributed by atoms with van der Waals surface area (Å²) in [6.45, 7) is 18.6. The molecule has 0 atom stereocenters. The minimum Gasteiger partial charge on any atom is -0.454 e. The molecule has 63 heavy (non-hydrogen) atoms. The number of aromatic nitrogens is 4. The summed E-state index contributed by atoms with van der Waals surface area (Å²) < 4.78 is 25.3. The Morgan fingerprint density at radius 1 is 0.508 bits per heavy atom. The van der Waals surface area contributed by atoms with Crippen molar-refractivity contribution in [2.75, 3.05) is 0 Å². The number of ether oxygens (including phenoxy) is 1. The van der Waals surface area contributed by atoms with Gasteiger partial charge in [-0.15, -0.1) is 0 Å². The molecule has 0 unspecified atom stereocenters. The molecule has 15 rings (SSSR count). The molecule has 0 fully saturated rings. The highest BCUT2D eigenvalue weighted by Gasteiger charge is 2.50. The highest BCUT2D eigenvalue weighted by Crippen LogP contribution is 2.53. The van der Waals surface area contributed by atoms with E-state index in [2.05, 4.69) is 189 Å². The Bertz CT molecular complexity index is 4150. The Morgan fingerprint density at radius 3 is 1.73 bits per heavy atom. The third-order valence-corrected chi connectivity index (χ3v) is 14.9. The molecule has 0 radical (unpaired) electrons. The van der Waals surface area contributed by atoms with Crippen molar-refractivity contribution in [3.05, 3.63) is 138 Å². The summed E-state index contributed by atoms with van der Waals surface area (Å²) in [5, 5.41) is 4.76. The van der Waals surface area contributed by atoms with Gasteiger partial charge < -0.3 is 9.15 Å². The third-order valence-electron chi connectivity index (χ3n) is 14.9. The van der Waals surface area contributed by atoms with Crippen molar-refractivity contribution in [2.24, 2.45) is 0 Å². The molecule has 0 spiro atoms. The van der Waals surface area contributed by atoms with Crippen molar-refractivity contribution >= 4 is 100 Å². The zero-order valence-corrected chi connectivity index (χ0v) is 36.7. The van der Waals surface area contributed by atoms with E-state index in [4.69, 9.17) is 9.15 Å². The molecule has 0 bridgehead atoms. The van der Waals surface area contributed by atoms with Crippen LogP contribution in [0.2, 0.25) is 0 Å². The average molecular weight is 815 g/mol. The minimum absolute atomic E-state index is 0.116. The lowest BCUT2D eigenvalue weighted by molar-refractivity contribution is 0.483. The van der Waals surface area contributed by atoms with Crippen LogP contribution in [0.25, 0.3) is 99.6 Å². The predicted molar refractivity (Wildman–Crippen MR) is 261 cm³/mol. The number of nitrogens with zero attached hydrogens (tertiary/aromatic N) is 4. The van der Waals surface area contributed by atoms with Crippen LogP contribution in [0.5, 0.6) is 11.5 Å². The zero-order chi connectivity index (χ0) is 42.3. The number of imidazole rings is 2. The number of rotatable bonds is 1. The lowest BCUT2D eigenvalue weighted by Gasteiger charge is -2.38. The molecule has 0 amide bonds. The van der Waals surface area contributed by atoms with Crippen molar-refractivity contribution in [3.63, 3.8) is 0 Å². The summed E-state index contributed by atoms with van der Waals surface area (Å²) in [6.07, 6.45) is 0. The summed E-state index contributed by atoms with van der Waals surface area (Å²) >= 11 is 0. The van der Waals surface area contributed by atoms with Gasteiger partial charge in [0.15, 0.2) is 11.3 Å². The van der Waals surface area contributed by atoms with Crippen molar-refractivity contribution in [1.82, 2.24) is 17.9 Å². The topological polar surface area (TPSA) is 41.0 Å². The van der Waals surface area contributed by atoms with E-state index >= 15 is 0 Å². The summed E-state index contributed by atoms with van der Waals surface area (Å²) in [4.78, 5) is 0. The Labute approximate surface area is 363 Å². The van der Waals surface area contributed by atoms with Gasteiger partial charge in [0, 0.05) is 49.7 Å². The Kier molecular flexibility index (Phi) is 5.87. The van der Waals surface area contributed by atoms with Crippen LogP contribution in [0.3, 0.4) is 0 Å². The first kappa shape index (κ1) is 34.5. The minimum atomic E-state index is -0.172. The lowest BCUT2D eigenvalue weighted by atomic mass is 9.33. The molecule has 6 nitrogen and oxygen atoms in total. The van der Waals surface area contributed by atoms with Gasteiger partial charge in [0.1, 0.15) is 22.6 Å². The molecule has 8 heterocycles. The van der Waals surface area contributed by atoms with Gasteiger partial charge >= 0.3 is 0 Å². The quantitative estimate of drug-likeness (QED) is 0.155. The van der Waals surface area contributed by atoms with E-state index in [1.165, 1.54) is 111 Å². The van der Waals surface area contributed by atoms with Gasteiger partial charge in [0.2, 0.25) is 0 Å². The summed E-state index contributed by atoms with van der Waals surface area (Å²) in [5.74, 6) is 1.75. The number of para-hydroxylation sites is 3. The molecular weight excluding hydrogens is 771 g/mol. The van der Waals surface area contributed by atoms with Crippen LogP contribution in [0.15, 0.2) is 120 Å². The molecule has 0 N–H and O–H groups in total. The van der Waals surface area contributed by atoms with Gasteiger partial charge in [-0.3, -0.25) is 17.9 Å². The van der Waals surface area contributed by atoms with E-state index in [0.717, 1.165) is 39.0 Å². The van der Waals surface area contributed by atoms with Crippen molar-refractivity contribution in [3.8, 4) is 34.0 Å². The van der Waals surface area contributed by atoms with Crippen molar-refractivity contribution in [1.29, 1.82) is 0 Å². The second kappa shape index (κ2) is 10.7. The number of benzene rings is 7. The lowest BCUT2D eigenvalue weighted by Crippen LogP contribution is -2.61. The highest BCUT2D eigenvalue weighted by atomic mass is 16.5. The molecular formula is C56H43BN4O2. The van der Waals surface area contributed by atoms with Gasteiger partial charge in [-0.1, -0.05) is 120 Å². The molecule has 0 aliphatic carbocycles. The fraction of sp³-hybridized carbons (Fsp3) is 0.179. The molecule has 5 aromatic heterocycles. The fourth-order valence-electron chi connectivity index (χ4n) is 12.9.